The lowest BCUT2D eigenvalue weighted by Crippen LogP contribution is -2.32. The topological polar surface area (TPSA) is 65.0 Å². The fourth-order valence-corrected chi connectivity index (χ4v) is 2.27. The van der Waals surface area contributed by atoms with E-state index in [9.17, 15) is 5.11 Å². The molecule has 0 amide bonds. The summed E-state index contributed by atoms with van der Waals surface area (Å²) in [4.78, 5) is 14.0. The minimum atomic E-state index is 0.185. The second-order valence-corrected chi connectivity index (χ2v) is 4.11. The van der Waals surface area contributed by atoms with Crippen molar-refractivity contribution in [3.63, 3.8) is 0 Å². The number of aromatic amines is 1. The van der Waals surface area contributed by atoms with Crippen LogP contribution in [-0.4, -0.2) is 39.3 Å². The number of pyridine rings is 1. The minimum absolute atomic E-state index is 0.185. The summed E-state index contributed by atoms with van der Waals surface area (Å²) >= 11 is 0. The number of aliphatic hydroxyl groups is 1. The van der Waals surface area contributed by atoms with E-state index >= 15 is 0 Å². The van der Waals surface area contributed by atoms with Gasteiger partial charge in [-0.1, -0.05) is 0 Å². The molecule has 1 saturated heterocycles. The highest BCUT2D eigenvalue weighted by atomic mass is 16.3. The highest BCUT2D eigenvalue weighted by molar-refractivity contribution is 5.73. The Labute approximate surface area is 93.1 Å². The van der Waals surface area contributed by atoms with Gasteiger partial charge in [-0.2, -0.15) is 4.98 Å². The molecule has 5 heteroatoms. The van der Waals surface area contributed by atoms with Gasteiger partial charge >= 0.3 is 0 Å². The number of aromatic nitrogens is 3. The Morgan fingerprint density at radius 2 is 2.50 bits per heavy atom. The summed E-state index contributed by atoms with van der Waals surface area (Å²) in [5.74, 6) is 0.824. The van der Waals surface area contributed by atoms with Crippen LogP contribution in [-0.2, 0) is 0 Å². The van der Waals surface area contributed by atoms with Gasteiger partial charge in [0.25, 0.3) is 0 Å². The van der Waals surface area contributed by atoms with Crippen LogP contribution in [0, 0.1) is 0 Å². The number of hydrogen-bond donors (Lipinski definition) is 2. The number of imidazole rings is 1. The van der Waals surface area contributed by atoms with E-state index in [1.807, 2.05) is 12.1 Å². The second-order valence-electron chi connectivity index (χ2n) is 4.11. The molecule has 0 bridgehead atoms. The summed E-state index contributed by atoms with van der Waals surface area (Å²) in [5, 5.41) is 9.27. The Hall–Kier alpha value is -1.62. The van der Waals surface area contributed by atoms with Gasteiger partial charge in [0.05, 0.1) is 18.2 Å². The van der Waals surface area contributed by atoms with Crippen LogP contribution >= 0.6 is 0 Å². The van der Waals surface area contributed by atoms with Crippen LogP contribution in [0.1, 0.15) is 12.8 Å². The monoisotopic (exact) mass is 218 g/mol. The molecule has 3 rings (SSSR count). The molecular weight excluding hydrogens is 204 g/mol. The number of aliphatic hydroxyl groups excluding tert-OH is 1. The molecule has 1 atom stereocenters. The van der Waals surface area contributed by atoms with Gasteiger partial charge in [-0.25, -0.2) is 4.98 Å². The van der Waals surface area contributed by atoms with Crippen LogP contribution in [0.15, 0.2) is 18.3 Å². The number of anilines is 1. The van der Waals surface area contributed by atoms with E-state index in [0.717, 1.165) is 36.5 Å². The Bertz CT molecular complexity index is 462. The summed E-state index contributed by atoms with van der Waals surface area (Å²) in [7, 11) is 0. The van der Waals surface area contributed by atoms with Crippen molar-refractivity contribution in [2.75, 3.05) is 18.1 Å². The molecule has 0 unspecified atom stereocenters. The molecule has 1 aliphatic rings. The molecule has 3 heterocycles. The largest absolute Gasteiger partial charge is 0.394 e. The average Bonchev–Trinajstić information content (AvgIpc) is 2.94. The fraction of sp³-hybridized carbons (Fsp3) is 0.455. The number of nitrogens with zero attached hydrogens (tertiary/aromatic N) is 3. The summed E-state index contributed by atoms with van der Waals surface area (Å²) in [6.07, 6.45) is 3.87. The van der Waals surface area contributed by atoms with Crippen LogP contribution in [0.4, 0.5) is 5.95 Å². The first-order valence-corrected chi connectivity index (χ1v) is 5.57. The summed E-state index contributed by atoms with van der Waals surface area (Å²) < 4.78 is 0. The van der Waals surface area contributed by atoms with Crippen molar-refractivity contribution in [3.05, 3.63) is 18.3 Å². The molecule has 2 N–H and O–H groups in total. The van der Waals surface area contributed by atoms with Gasteiger partial charge in [0.2, 0.25) is 5.95 Å². The standard InChI is InChI=1S/C11H14N4O/c16-7-8-3-2-6-15(8)11-13-9-4-1-5-12-10(9)14-11/h1,4-5,8,16H,2-3,6-7H2,(H,12,13,14)/t8-/m1/s1. The molecule has 2 aromatic heterocycles. The van der Waals surface area contributed by atoms with E-state index < -0.39 is 0 Å². The van der Waals surface area contributed by atoms with Crippen LogP contribution in [0.3, 0.4) is 0 Å². The third-order valence-electron chi connectivity index (χ3n) is 3.10. The lowest BCUT2D eigenvalue weighted by atomic mass is 10.2. The zero-order chi connectivity index (χ0) is 11.0. The Morgan fingerprint density at radius 1 is 1.56 bits per heavy atom. The van der Waals surface area contributed by atoms with Gasteiger partial charge in [0, 0.05) is 12.7 Å². The van der Waals surface area contributed by atoms with Crippen molar-refractivity contribution in [3.8, 4) is 0 Å². The highest BCUT2D eigenvalue weighted by Crippen LogP contribution is 2.24. The van der Waals surface area contributed by atoms with Crippen LogP contribution in [0.5, 0.6) is 0 Å². The van der Waals surface area contributed by atoms with Gasteiger partial charge in [-0.15, -0.1) is 0 Å². The number of hydrogen-bond acceptors (Lipinski definition) is 4. The molecule has 84 valence electrons. The normalized spacial score (nSPS) is 20.8. The Kier molecular flexibility index (Phi) is 2.25. The third-order valence-corrected chi connectivity index (χ3v) is 3.10. The zero-order valence-electron chi connectivity index (χ0n) is 8.93. The quantitative estimate of drug-likeness (QED) is 0.786. The molecule has 1 aliphatic heterocycles. The maximum atomic E-state index is 9.27. The zero-order valence-corrected chi connectivity index (χ0v) is 8.93. The maximum Gasteiger partial charge on any atom is 0.205 e. The van der Waals surface area contributed by atoms with E-state index in [0.29, 0.717) is 0 Å². The molecule has 2 aromatic rings. The van der Waals surface area contributed by atoms with E-state index in [-0.39, 0.29) is 12.6 Å². The first kappa shape index (κ1) is 9.59. The van der Waals surface area contributed by atoms with E-state index in [2.05, 4.69) is 19.9 Å². The van der Waals surface area contributed by atoms with Gasteiger partial charge in [-0.05, 0) is 25.0 Å². The van der Waals surface area contributed by atoms with Crippen LogP contribution in [0.25, 0.3) is 11.2 Å². The molecule has 0 saturated carbocycles. The minimum Gasteiger partial charge on any atom is -0.394 e. The van der Waals surface area contributed by atoms with Crippen molar-refractivity contribution in [1.82, 2.24) is 15.0 Å². The Balaban J connectivity index is 1.99. The van der Waals surface area contributed by atoms with Crippen molar-refractivity contribution < 1.29 is 5.11 Å². The fourth-order valence-electron chi connectivity index (χ4n) is 2.27. The first-order valence-electron chi connectivity index (χ1n) is 5.57. The average molecular weight is 218 g/mol. The smallest absolute Gasteiger partial charge is 0.205 e. The third kappa shape index (κ3) is 1.44. The molecular formula is C11H14N4O. The number of nitrogens with one attached hydrogen (secondary N) is 1. The summed E-state index contributed by atoms with van der Waals surface area (Å²) in [5.41, 5.74) is 1.68. The van der Waals surface area contributed by atoms with Crippen LogP contribution < -0.4 is 4.90 Å². The van der Waals surface area contributed by atoms with E-state index in [4.69, 9.17) is 0 Å². The predicted octanol–water partition coefficient (Wildman–Crippen LogP) is 0.919. The lowest BCUT2D eigenvalue weighted by Gasteiger charge is -2.21. The summed E-state index contributed by atoms with van der Waals surface area (Å²) in [6, 6.07) is 4.04. The van der Waals surface area contributed by atoms with Gasteiger partial charge in [0.1, 0.15) is 0 Å². The second kappa shape index (κ2) is 3.75. The van der Waals surface area contributed by atoms with Crippen molar-refractivity contribution in [1.29, 1.82) is 0 Å². The highest BCUT2D eigenvalue weighted by Gasteiger charge is 2.26. The SMILES string of the molecule is OC[C@H]1CCCN1c1nc2ncccc2[nH]1. The number of fused-ring (bicyclic) bond motifs is 1. The van der Waals surface area contributed by atoms with Gasteiger partial charge < -0.3 is 15.0 Å². The Morgan fingerprint density at radius 3 is 3.31 bits per heavy atom. The number of H-pyrrole nitrogens is 1. The maximum absolute atomic E-state index is 9.27. The van der Waals surface area contributed by atoms with Crippen LogP contribution in [0.2, 0.25) is 0 Å². The summed E-state index contributed by atoms with van der Waals surface area (Å²) in [6.45, 7) is 1.13. The number of rotatable bonds is 2. The predicted molar refractivity (Wildman–Crippen MR) is 61.3 cm³/mol. The van der Waals surface area contributed by atoms with E-state index in [1.54, 1.807) is 6.20 Å². The van der Waals surface area contributed by atoms with Crippen molar-refractivity contribution >= 4 is 17.1 Å². The van der Waals surface area contributed by atoms with Crippen molar-refractivity contribution in [2.24, 2.45) is 0 Å². The molecule has 0 aromatic carbocycles. The van der Waals surface area contributed by atoms with Gasteiger partial charge in [-0.3, -0.25) is 0 Å². The lowest BCUT2D eigenvalue weighted by molar-refractivity contribution is 0.265. The van der Waals surface area contributed by atoms with E-state index in [1.165, 1.54) is 0 Å². The molecule has 5 nitrogen and oxygen atoms in total. The molecule has 0 aliphatic carbocycles. The molecule has 0 spiro atoms. The van der Waals surface area contributed by atoms with Crippen molar-refractivity contribution in [2.45, 2.75) is 18.9 Å². The first-order chi connectivity index (χ1) is 7.88. The molecule has 16 heavy (non-hydrogen) atoms. The molecule has 1 fully saturated rings. The van der Waals surface area contributed by atoms with Gasteiger partial charge in [0.15, 0.2) is 5.65 Å². The molecule has 0 radical (unpaired) electrons.